The Morgan fingerprint density at radius 2 is 1.74 bits per heavy atom. The van der Waals surface area contributed by atoms with Crippen LogP contribution < -0.4 is 4.31 Å². The van der Waals surface area contributed by atoms with Crippen LogP contribution in [0, 0.1) is 5.82 Å². The summed E-state index contributed by atoms with van der Waals surface area (Å²) >= 11 is 0. The van der Waals surface area contributed by atoms with Gasteiger partial charge in [0.15, 0.2) is 5.78 Å². The molecule has 1 aromatic heterocycles. The highest BCUT2D eigenvalue weighted by atomic mass is 32.2. The van der Waals surface area contributed by atoms with Crippen molar-refractivity contribution in [1.82, 2.24) is 0 Å². The lowest BCUT2D eigenvalue weighted by molar-refractivity contribution is 0.0600. The molecule has 0 aliphatic heterocycles. The average Bonchev–Trinajstić information content (AvgIpc) is 3.30. The molecule has 0 bridgehead atoms. The predicted molar refractivity (Wildman–Crippen MR) is 146 cm³/mol. The van der Waals surface area contributed by atoms with Gasteiger partial charge < -0.3 is 9.15 Å². The summed E-state index contributed by atoms with van der Waals surface area (Å²) in [6, 6.07) is 15.0. The van der Waals surface area contributed by atoms with Crippen LogP contribution in [0.3, 0.4) is 0 Å². The molecule has 1 heterocycles. The third-order valence-electron chi connectivity index (χ3n) is 6.27. The van der Waals surface area contributed by atoms with Crippen LogP contribution >= 0.6 is 0 Å². The van der Waals surface area contributed by atoms with E-state index in [2.05, 4.69) is 0 Å². The van der Waals surface area contributed by atoms with Crippen LogP contribution in [0.4, 0.5) is 14.5 Å². The molecule has 0 N–H and O–H groups in total. The van der Waals surface area contributed by atoms with Gasteiger partial charge in [0.1, 0.15) is 17.2 Å². The standard InChI is InChI=1S/C29H27F2NO6S/c1-4-25(33)27-23-16-22(19-7-5-8-20(15-19)29(34)37-2)24(32(14-6-13-30)39(3,35)36)17-26(23)38-28(27)18-9-11-21(31)12-10-18/h5,7-12,15-17H,4,6,13-14H2,1-3H3. The Bertz CT molecular complexity index is 1640. The molecule has 0 radical (unpaired) electrons. The number of ether oxygens (including phenoxy) is 1. The number of anilines is 1. The number of methoxy groups -OCH3 is 1. The number of halogens is 2. The van der Waals surface area contributed by atoms with Crippen LogP contribution in [0.1, 0.15) is 40.5 Å². The summed E-state index contributed by atoms with van der Waals surface area (Å²) in [7, 11) is -2.63. The fraction of sp³-hybridized carbons (Fsp3) is 0.241. The highest BCUT2D eigenvalue weighted by Gasteiger charge is 2.27. The maximum Gasteiger partial charge on any atom is 0.337 e. The van der Waals surface area contributed by atoms with Gasteiger partial charge in [-0.1, -0.05) is 19.1 Å². The number of nitrogens with zero attached hydrogens (tertiary/aromatic N) is 1. The quantitative estimate of drug-likeness (QED) is 0.166. The smallest absolute Gasteiger partial charge is 0.337 e. The number of hydrogen-bond donors (Lipinski definition) is 0. The largest absolute Gasteiger partial charge is 0.465 e. The summed E-state index contributed by atoms with van der Waals surface area (Å²) in [6.45, 7) is 0.829. The Kier molecular flexibility index (Phi) is 8.15. The van der Waals surface area contributed by atoms with E-state index in [9.17, 15) is 26.8 Å². The van der Waals surface area contributed by atoms with Crippen molar-refractivity contribution in [2.75, 3.05) is 30.9 Å². The Labute approximate surface area is 225 Å². The topological polar surface area (TPSA) is 93.9 Å². The lowest BCUT2D eigenvalue weighted by Crippen LogP contribution is -2.31. The van der Waals surface area contributed by atoms with E-state index >= 15 is 0 Å². The van der Waals surface area contributed by atoms with E-state index in [1.54, 1.807) is 37.3 Å². The maximum atomic E-state index is 13.6. The van der Waals surface area contributed by atoms with E-state index in [1.165, 1.54) is 37.4 Å². The van der Waals surface area contributed by atoms with Gasteiger partial charge in [-0.15, -0.1) is 0 Å². The van der Waals surface area contributed by atoms with E-state index in [-0.39, 0.29) is 53.3 Å². The molecule has 4 aromatic rings. The molecule has 0 unspecified atom stereocenters. The van der Waals surface area contributed by atoms with Crippen LogP contribution in [-0.4, -0.2) is 46.8 Å². The summed E-state index contributed by atoms with van der Waals surface area (Å²) in [6.07, 6.45) is 1.12. The van der Waals surface area contributed by atoms with Crippen LogP contribution in [0.15, 0.2) is 65.1 Å². The van der Waals surface area contributed by atoms with Gasteiger partial charge in [0.2, 0.25) is 10.0 Å². The molecule has 0 saturated heterocycles. The average molecular weight is 556 g/mol. The van der Waals surface area contributed by atoms with E-state index in [0.717, 1.165) is 10.6 Å². The third kappa shape index (κ3) is 5.70. The second kappa shape index (κ2) is 11.4. The van der Waals surface area contributed by atoms with Crippen molar-refractivity contribution in [2.24, 2.45) is 0 Å². The van der Waals surface area contributed by atoms with Crippen molar-refractivity contribution in [1.29, 1.82) is 0 Å². The number of hydrogen-bond acceptors (Lipinski definition) is 6. The van der Waals surface area contributed by atoms with Crippen LogP contribution in [-0.2, 0) is 14.8 Å². The number of rotatable bonds is 10. The number of carbonyl (C=O) groups is 2. The van der Waals surface area contributed by atoms with Crippen molar-refractivity contribution in [3.05, 3.63) is 77.6 Å². The number of benzene rings is 3. The van der Waals surface area contributed by atoms with Crippen molar-refractivity contribution >= 4 is 38.4 Å². The molecule has 0 amide bonds. The van der Waals surface area contributed by atoms with Gasteiger partial charge in [0.25, 0.3) is 0 Å². The van der Waals surface area contributed by atoms with Crippen LogP contribution in [0.2, 0.25) is 0 Å². The van der Waals surface area contributed by atoms with E-state index in [0.29, 0.717) is 22.1 Å². The van der Waals surface area contributed by atoms with Crippen LogP contribution in [0.5, 0.6) is 0 Å². The molecule has 7 nitrogen and oxygen atoms in total. The summed E-state index contributed by atoms with van der Waals surface area (Å²) < 4.78 is 64.5. The molecule has 0 saturated carbocycles. The molecular formula is C29H27F2NO6S. The van der Waals surface area contributed by atoms with Gasteiger partial charge in [-0.25, -0.2) is 17.6 Å². The highest BCUT2D eigenvalue weighted by Crippen LogP contribution is 2.42. The molecule has 0 fully saturated rings. The number of furan rings is 1. The monoisotopic (exact) mass is 555 g/mol. The first-order valence-electron chi connectivity index (χ1n) is 12.2. The molecule has 39 heavy (non-hydrogen) atoms. The minimum atomic E-state index is -3.88. The fourth-order valence-corrected chi connectivity index (χ4v) is 5.40. The molecule has 0 spiro atoms. The second-order valence-corrected chi connectivity index (χ2v) is 10.8. The van der Waals surface area contributed by atoms with Gasteiger partial charge in [-0.05, 0) is 54.4 Å². The van der Waals surface area contributed by atoms with Crippen molar-refractivity contribution in [3.8, 4) is 22.5 Å². The normalized spacial score (nSPS) is 11.5. The zero-order valence-electron chi connectivity index (χ0n) is 21.7. The molecule has 10 heteroatoms. The Morgan fingerprint density at radius 3 is 2.36 bits per heavy atom. The van der Waals surface area contributed by atoms with Gasteiger partial charge in [-0.2, -0.15) is 0 Å². The van der Waals surface area contributed by atoms with E-state index < -0.39 is 28.5 Å². The third-order valence-corrected chi connectivity index (χ3v) is 7.45. The minimum absolute atomic E-state index is 0.0503. The zero-order valence-corrected chi connectivity index (χ0v) is 22.5. The Morgan fingerprint density at radius 1 is 1.03 bits per heavy atom. The van der Waals surface area contributed by atoms with Gasteiger partial charge in [0.05, 0.1) is 36.9 Å². The number of ketones is 1. The molecule has 0 atom stereocenters. The van der Waals surface area contributed by atoms with Crippen molar-refractivity contribution in [3.63, 3.8) is 0 Å². The van der Waals surface area contributed by atoms with Gasteiger partial charge >= 0.3 is 5.97 Å². The van der Waals surface area contributed by atoms with Gasteiger partial charge in [0, 0.05) is 35.5 Å². The van der Waals surface area contributed by atoms with E-state index in [1.807, 2.05) is 0 Å². The molecule has 0 aliphatic rings. The number of carbonyl (C=O) groups excluding carboxylic acids is 2. The number of fused-ring (bicyclic) bond motifs is 1. The van der Waals surface area contributed by atoms with Crippen LogP contribution in [0.25, 0.3) is 33.4 Å². The molecule has 4 rings (SSSR count). The molecular weight excluding hydrogens is 528 g/mol. The molecule has 3 aromatic carbocycles. The Hall–Kier alpha value is -4.05. The van der Waals surface area contributed by atoms with E-state index in [4.69, 9.17) is 9.15 Å². The lowest BCUT2D eigenvalue weighted by Gasteiger charge is -2.25. The summed E-state index contributed by atoms with van der Waals surface area (Å²) in [5.74, 6) is -1.05. The summed E-state index contributed by atoms with van der Waals surface area (Å²) in [5.41, 5.74) is 2.25. The molecule has 204 valence electrons. The first-order valence-corrected chi connectivity index (χ1v) is 14.1. The number of Topliss-reactive ketones (excluding diaryl/α,β-unsaturated/α-hetero) is 1. The first-order chi connectivity index (χ1) is 18.6. The summed E-state index contributed by atoms with van der Waals surface area (Å²) in [5, 5.41) is 0.419. The fourth-order valence-electron chi connectivity index (χ4n) is 4.43. The first kappa shape index (κ1) is 28.0. The highest BCUT2D eigenvalue weighted by molar-refractivity contribution is 7.92. The predicted octanol–water partition coefficient (Wildman–Crippen LogP) is 6.41. The number of esters is 1. The number of alkyl halides is 1. The number of sulfonamides is 1. The minimum Gasteiger partial charge on any atom is -0.465 e. The lowest BCUT2D eigenvalue weighted by atomic mass is 9.95. The summed E-state index contributed by atoms with van der Waals surface area (Å²) in [4.78, 5) is 25.4. The molecule has 0 aliphatic carbocycles. The van der Waals surface area contributed by atoms with Gasteiger partial charge in [-0.3, -0.25) is 13.5 Å². The SMILES string of the molecule is CCC(=O)c1c(-c2ccc(F)cc2)oc2cc(N(CCCF)S(C)(=O)=O)c(-c3cccc(C(=O)OC)c3)cc12. The Balaban J connectivity index is 2.09. The van der Waals surface area contributed by atoms with Crippen molar-refractivity contribution in [2.45, 2.75) is 19.8 Å². The van der Waals surface area contributed by atoms with Crippen molar-refractivity contribution < 1.29 is 35.9 Å². The second-order valence-electron chi connectivity index (χ2n) is 8.91. The maximum absolute atomic E-state index is 13.6. The zero-order chi connectivity index (χ0) is 28.3.